The lowest BCUT2D eigenvalue weighted by molar-refractivity contribution is 0.559. The van der Waals surface area contributed by atoms with E-state index in [9.17, 15) is 8.42 Å². The summed E-state index contributed by atoms with van der Waals surface area (Å²) in [6, 6.07) is 10.9. The molecular weight excluding hydrogens is 304 g/mol. The van der Waals surface area contributed by atoms with E-state index in [0.717, 1.165) is 5.56 Å². The minimum absolute atomic E-state index is 0.142. The van der Waals surface area contributed by atoms with Crippen LogP contribution in [0.3, 0.4) is 0 Å². The van der Waals surface area contributed by atoms with Crippen LogP contribution in [0.4, 0.5) is 0 Å². The maximum Gasteiger partial charge on any atom is 0.241 e. The lowest BCUT2D eigenvalue weighted by atomic mass is 10.2. The number of nitrogens with one attached hydrogen (secondary N) is 2. The average molecular weight is 324 g/mol. The van der Waals surface area contributed by atoms with Crippen molar-refractivity contribution in [2.75, 3.05) is 7.05 Å². The summed E-state index contributed by atoms with van der Waals surface area (Å²) in [6.07, 6.45) is 0.699. The highest BCUT2D eigenvalue weighted by Gasteiger charge is 2.20. The van der Waals surface area contributed by atoms with E-state index in [2.05, 4.69) is 10.0 Å². The molecule has 2 aromatic rings. The number of benzene rings is 1. The smallest absolute Gasteiger partial charge is 0.241 e. The fourth-order valence-electron chi connectivity index (χ4n) is 2.20. The molecule has 1 unspecified atom stereocenters. The molecule has 0 aliphatic heterocycles. The molecule has 114 valence electrons. The van der Waals surface area contributed by atoms with E-state index in [-0.39, 0.29) is 6.04 Å². The monoisotopic (exact) mass is 324 g/mol. The highest BCUT2D eigenvalue weighted by molar-refractivity contribution is 7.89. The third-order valence-electron chi connectivity index (χ3n) is 3.07. The van der Waals surface area contributed by atoms with Gasteiger partial charge in [0.2, 0.25) is 10.0 Å². The Labute approximate surface area is 130 Å². The van der Waals surface area contributed by atoms with Crippen molar-refractivity contribution in [1.82, 2.24) is 10.0 Å². The topological polar surface area (TPSA) is 58.2 Å². The zero-order chi connectivity index (χ0) is 15.3. The summed E-state index contributed by atoms with van der Waals surface area (Å²) in [7, 11) is -1.70. The zero-order valence-electron chi connectivity index (χ0n) is 12.2. The van der Waals surface area contributed by atoms with Gasteiger partial charge in [-0.3, -0.25) is 0 Å². The standard InChI is InChI=1S/C15H20N2O2S2/c1-12(10-14-7-5-9-20-14)17-21(18,19)15-8-4-3-6-13(15)11-16-2/h3-9,12,16-17H,10-11H2,1-2H3. The number of hydrogen-bond donors (Lipinski definition) is 2. The molecule has 0 aliphatic carbocycles. The van der Waals surface area contributed by atoms with Gasteiger partial charge in [-0.05, 0) is 43.5 Å². The molecular formula is C15H20N2O2S2. The third-order valence-corrected chi connectivity index (χ3v) is 5.66. The molecule has 1 atom stereocenters. The van der Waals surface area contributed by atoms with Crippen LogP contribution in [0.25, 0.3) is 0 Å². The maximum absolute atomic E-state index is 12.5. The maximum atomic E-state index is 12.5. The number of hydrogen-bond acceptors (Lipinski definition) is 4. The Balaban J connectivity index is 2.14. The lowest BCUT2D eigenvalue weighted by Gasteiger charge is -2.15. The molecule has 0 bridgehead atoms. The van der Waals surface area contributed by atoms with Gasteiger partial charge in [0.15, 0.2) is 0 Å². The Morgan fingerprint density at radius 3 is 2.62 bits per heavy atom. The largest absolute Gasteiger partial charge is 0.316 e. The molecule has 0 fully saturated rings. The van der Waals surface area contributed by atoms with Gasteiger partial charge in [-0.1, -0.05) is 24.3 Å². The number of rotatable bonds is 7. The second kappa shape index (κ2) is 7.17. The van der Waals surface area contributed by atoms with Crippen LogP contribution in [0.1, 0.15) is 17.4 Å². The van der Waals surface area contributed by atoms with E-state index >= 15 is 0 Å². The second-order valence-corrected chi connectivity index (χ2v) is 7.66. The van der Waals surface area contributed by atoms with Gasteiger partial charge in [0.1, 0.15) is 0 Å². The summed E-state index contributed by atoms with van der Waals surface area (Å²) in [5, 5.41) is 4.99. The van der Waals surface area contributed by atoms with E-state index in [1.165, 1.54) is 4.88 Å². The summed E-state index contributed by atoms with van der Waals surface area (Å²) < 4.78 is 27.8. The van der Waals surface area contributed by atoms with Crippen molar-refractivity contribution >= 4 is 21.4 Å². The molecule has 0 amide bonds. The van der Waals surface area contributed by atoms with Crippen LogP contribution in [-0.4, -0.2) is 21.5 Å². The van der Waals surface area contributed by atoms with Crippen molar-refractivity contribution in [2.45, 2.75) is 30.8 Å². The van der Waals surface area contributed by atoms with Gasteiger partial charge in [-0.2, -0.15) is 0 Å². The van der Waals surface area contributed by atoms with Crippen LogP contribution >= 0.6 is 11.3 Å². The number of thiophene rings is 1. The Hall–Kier alpha value is -1.21. The highest BCUT2D eigenvalue weighted by Crippen LogP contribution is 2.17. The molecule has 1 heterocycles. The fraction of sp³-hybridized carbons (Fsp3) is 0.333. The van der Waals surface area contributed by atoms with Crippen LogP contribution in [0.2, 0.25) is 0 Å². The van der Waals surface area contributed by atoms with Gasteiger partial charge in [0.05, 0.1) is 4.90 Å². The van der Waals surface area contributed by atoms with Crippen LogP contribution in [0.5, 0.6) is 0 Å². The van der Waals surface area contributed by atoms with Gasteiger partial charge in [0, 0.05) is 17.5 Å². The van der Waals surface area contributed by atoms with Crippen molar-refractivity contribution < 1.29 is 8.42 Å². The molecule has 4 nitrogen and oxygen atoms in total. The molecule has 1 aromatic carbocycles. The predicted octanol–water partition coefficient (Wildman–Crippen LogP) is 2.38. The molecule has 0 spiro atoms. The summed E-state index contributed by atoms with van der Waals surface area (Å²) >= 11 is 1.64. The van der Waals surface area contributed by atoms with Gasteiger partial charge < -0.3 is 5.32 Å². The first-order valence-electron chi connectivity index (χ1n) is 6.80. The zero-order valence-corrected chi connectivity index (χ0v) is 13.8. The van der Waals surface area contributed by atoms with Gasteiger partial charge in [-0.25, -0.2) is 13.1 Å². The molecule has 21 heavy (non-hydrogen) atoms. The summed E-state index contributed by atoms with van der Waals surface area (Å²) in [4.78, 5) is 1.52. The fourth-order valence-corrected chi connectivity index (χ4v) is 4.52. The molecule has 2 rings (SSSR count). The minimum Gasteiger partial charge on any atom is -0.316 e. The van der Waals surface area contributed by atoms with Gasteiger partial charge in [-0.15, -0.1) is 11.3 Å². The van der Waals surface area contributed by atoms with Crippen molar-refractivity contribution in [2.24, 2.45) is 0 Å². The lowest BCUT2D eigenvalue weighted by Crippen LogP contribution is -2.34. The Kier molecular flexibility index (Phi) is 5.52. The molecule has 0 saturated heterocycles. The van der Waals surface area contributed by atoms with E-state index in [0.29, 0.717) is 17.9 Å². The third kappa shape index (κ3) is 4.38. The Morgan fingerprint density at radius 2 is 1.95 bits per heavy atom. The Bertz CT molecular complexity index is 667. The van der Waals surface area contributed by atoms with E-state index in [4.69, 9.17) is 0 Å². The molecule has 2 N–H and O–H groups in total. The van der Waals surface area contributed by atoms with Gasteiger partial charge in [0.25, 0.3) is 0 Å². The Morgan fingerprint density at radius 1 is 1.19 bits per heavy atom. The van der Waals surface area contributed by atoms with Crippen LogP contribution < -0.4 is 10.0 Å². The second-order valence-electron chi connectivity index (χ2n) is 4.94. The average Bonchev–Trinajstić information content (AvgIpc) is 2.91. The van der Waals surface area contributed by atoms with E-state index in [1.54, 1.807) is 30.5 Å². The van der Waals surface area contributed by atoms with Crippen LogP contribution in [0.15, 0.2) is 46.7 Å². The molecule has 0 saturated carbocycles. The minimum atomic E-state index is -3.50. The van der Waals surface area contributed by atoms with E-state index < -0.39 is 10.0 Å². The SMILES string of the molecule is CNCc1ccccc1S(=O)(=O)NC(C)Cc1cccs1. The number of sulfonamides is 1. The summed E-state index contributed by atoms with van der Waals surface area (Å²) in [5.41, 5.74) is 0.774. The van der Waals surface area contributed by atoms with Gasteiger partial charge >= 0.3 is 0 Å². The quantitative estimate of drug-likeness (QED) is 0.822. The summed E-state index contributed by atoms with van der Waals surface area (Å²) in [5.74, 6) is 0. The van der Waals surface area contributed by atoms with Crippen molar-refractivity contribution in [3.8, 4) is 0 Å². The van der Waals surface area contributed by atoms with Crippen molar-refractivity contribution in [3.05, 3.63) is 52.2 Å². The normalized spacial score (nSPS) is 13.2. The molecule has 6 heteroatoms. The first kappa shape index (κ1) is 16.2. The van der Waals surface area contributed by atoms with Crippen molar-refractivity contribution in [3.63, 3.8) is 0 Å². The van der Waals surface area contributed by atoms with Crippen molar-refractivity contribution in [1.29, 1.82) is 0 Å². The summed E-state index contributed by atoms with van der Waals surface area (Å²) in [6.45, 7) is 2.41. The predicted molar refractivity (Wildman–Crippen MR) is 87.0 cm³/mol. The molecule has 0 radical (unpaired) electrons. The van der Waals surface area contributed by atoms with Crippen LogP contribution in [0, 0.1) is 0 Å². The van der Waals surface area contributed by atoms with Crippen LogP contribution in [-0.2, 0) is 23.0 Å². The first-order chi connectivity index (χ1) is 10.0. The molecule has 0 aliphatic rings. The van der Waals surface area contributed by atoms with E-state index in [1.807, 2.05) is 36.6 Å². The highest BCUT2D eigenvalue weighted by atomic mass is 32.2. The first-order valence-corrected chi connectivity index (χ1v) is 9.16. The molecule has 1 aromatic heterocycles.